The maximum atomic E-state index is 13.3. The highest BCUT2D eigenvalue weighted by molar-refractivity contribution is 7.98. The van der Waals surface area contributed by atoms with E-state index in [2.05, 4.69) is 0 Å². The summed E-state index contributed by atoms with van der Waals surface area (Å²) in [6, 6.07) is 10.7. The number of aryl methyl sites for hydroxylation is 1. The first-order valence-electron chi connectivity index (χ1n) is 8.37. The molecule has 0 N–H and O–H groups in total. The summed E-state index contributed by atoms with van der Waals surface area (Å²) in [5, 5.41) is 11.6. The van der Waals surface area contributed by atoms with Crippen molar-refractivity contribution in [2.24, 2.45) is 0 Å². The van der Waals surface area contributed by atoms with Crippen molar-refractivity contribution < 1.29 is 14.5 Å². The predicted molar refractivity (Wildman–Crippen MR) is 102 cm³/mol. The van der Waals surface area contributed by atoms with Gasteiger partial charge in [-0.05, 0) is 43.2 Å². The Morgan fingerprint density at radius 2 is 2.04 bits per heavy atom. The van der Waals surface area contributed by atoms with E-state index in [-0.39, 0.29) is 17.2 Å². The molecule has 7 heteroatoms. The number of hydrogen-bond donors (Lipinski definition) is 0. The molecule has 0 unspecified atom stereocenters. The van der Waals surface area contributed by atoms with Crippen LogP contribution in [0.5, 0.6) is 5.75 Å². The second kappa shape index (κ2) is 7.78. The molecule has 3 rings (SSSR count). The van der Waals surface area contributed by atoms with Gasteiger partial charge in [0, 0.05) is 12.2 Å². The molecule has 26 heavy (non-hydrogen) atoms. The quantitative estimate of drug-likeness (QED) is 0.454. The Kier molecular flexibility index (Phi) is 5.46. The lowest BCUT2D eigenvalue weighted by molar-refractivity contribution is -0.385. The number of nitrogens with zero attached hydrogens (tertiary/aromatic N) is 2. The molecular formula is C19H20N2O4S. The maximum absolute atomic E-state index is 13.3. The molecule has 1 aliphatic rings. The van der Waals surface area contributed by atoms with Gasteiger partial charge in [0.25, 0.3) is 11.6 Å². The van der Waals surface area contributed by atoms with Crippen LogP contribution in [0, 0.1) is 10.1 Å². The molecule has 0 radical (unpaired) electrons. The number of carbonyl (C=O) groups is 1. The molecule has 0 atom stereocenters. The maximum Gasteiger partial charge on any atom is 0.285 e. The number of carbonyl (C=O) groups excluding carboxylic acids is 1. The number of hydrogen-bond acceptors (Lipinski definition) is 5. The Bertz CT molecular complexity index is 853. The third-order valence-electron chi connectivity index (χ3n) is 4.53. The lowest BCUT2D eigenvalue weighted by Gasteiger charge is -2.23. The van der Waals surface area contributed by atoms with Crippen LogP contribution in [0.1, 0.15) is 28.8 Å². The number of nitro benzene ring substituents is 1. The van der Waals surface area contributed by atoms with Crippen LogP contribution in [0.3, 0.4) is 0 Å². The molecule has 136 valence electrons. The molecule has 0 fully saturated rings. The van der Waals surface area contributed by atoms with E-state index >= 15 is 0 Å². The number of fused-ring (bicyclic) bond motifs is 1. The first kappa shape index (κ1) is 18.3. The Hall–Kier alpha value is -2.54. The van der Waals surface area contributed by atoms with Crippen LogP contribution in [0.25, 0.3) is 0 Å². The van der Waals surface area contributed by atoms with Gasteiger partial charge in [-0.2, -0.15) is 0 Å². The first-order valence-corrected chi connectivity index (χ1v) is 9.59. The number of nitro groups is 1. The Labute approximate surface area is 156 Å². The highest BCUT2D eigenvalue weighted by Crippen LogP contribution is 2.36. The fourth-order valence-corrected chi connectivity index (χ4v) is 3.82. The summed E-state index contributed by atoms with van der Waals surface area (Å²) in [5.74, 6) is 0.0565. The van der Waals surface area contributed by atoms with E-state index in [0.29, 0.717) is 17.2 Å². The zero-order valence-corrected chi connectivity index (χ0v) is 15.5. The van der Waals surface area contributed by atoms with Gasteiger partial charge in [0.1, 0.15) is 11.3 Å². The van der Waals surface area contributed by atoms with E-state index in [9.17, 15) is 14.9 Å². The summed E-state index contributed by atoms with van der Waals surface area (Å²) in [4.78, 5) is 26.7. The van der Waals surface area contributed by atoms with Crippen LogP contribution in [0.2, 0.25) is 0 Å². The van der Waals surface area contributed by atoms with Crippen LogP contribution in [0.15, 0.2) is 41.3 Å². The molecule has 0 saturated heterocycles. The van der Waals surface area contributed by atoms with Crippen LogP contribution in [-0.4, -0.2) is 30.7 Å². The predicted octanol–water partition coefficient (Wildman–Crippen LogP) is 4.31. The molecule has 0 bridgehead atoms. The molecule has 0 aromatic heterocycles. The van der Waals surface area contributed by atoms with Crippen LogP contribution in [-0.2, 0) is 6.42 Å². The van der Waals surface area contributed by atoms with E-state index in [4.69, 9.17) is 4.74 Å². The second-order valence-corrected chi connectivity index (χ2v) is 6.87. The summed E-state index contributed by atoms with van der Waals surface area (Å²) in [7, 11) is 1.46. The number of rotatable bonds is 4. The fourth-order valence-electron chi connectivity index (χ4n) is 3.24. The van der Waals surface area contributed by atoms with Crippen molar-refractivity contribution >= 4 is 29.0 Å². The van der Waals surface area contributed by atoms with Gasteiger partial charge in [0.05, 0.1) is 23.0 Å². The number of ether oxygens (including phenoxy) is 1. The Balaban J connectivity index is 2.11. The molecule has 2 aromatic rings. The first-order chi connectivity index (χ1) is 12.6. The smallest absolute Gasteiger partial charge is 0.285 e. The van der Waals surface area contributed by atoms with Gasteiger partial charge in [-0.3, -0.25) is 14.9 Å². The van der Waals surface area contributed by atoms with Crippen molar-refractivity contribution in [3.05, 3.63) is 57.6 Å². The number of anilines is 1. The van der Waals surface area contributed by atoms with Gasteiger partial charge >= 0.3 is 0 Å². The molecule has 0 aliphatic carbocycles. The number of methoxy groups -OCH3 is 1. The standard InChI is InChI=1S/C19H20N2O4S/c1-25-17-12-16(21(23)24)14(11-18(17)26-2)19(22)20-10-6-5-8-13-7-3-4-9-15(13)20/h3-4,7,9,11-12H,5-6,8,10H2,1-2H3. The van der Waals surface area contributed by atoms with E-state index < -0.39 is 4.92 Å². The van der Waals surface area contributed by atoms with Crippen molar-refractivity contribution in [3.8, 4) is 5.75 Å². The molecule has 0 spiro atoms. The lowest BCUT2D eigenvalue weighted by atomic mass is 10.1. The van der Waals surface area contributed by atoms with Gasteiger partial charge in [-0.1, -0.05) is 18.2 Å². The minimum absolute atomic E-state index is 0.0943. The van der Waals surface area contributed by atoms with Gasteiger partial charge in [-0.25, -0.2) is 0 Å². The van der Waals surface area contributed by atoms with E-state index in [0.717, 1.165) is 30.5 Å². The third-order valence-corrected chi connectivity index (χ3v) is 5.29. The molecule has 1 aliphatic heterocycles. The van der Waals surface area contributed by atoms with Crippen molar-refractivity contribution in [2.75, 3.05) is 24.8 Å². The summed E-state index contributed by atoms with van der Waals surface area (Å²) in [5.41, 5.74) is 1.80. The molecule has 1 heterocycles. The minimum Gasteiger partial charge on any atom is -0.495 e. The van der Waals surface area contributed by atoms with E-state index in [1.54, 1.807) is 11.0 Å². The second-order valence-electron chi connectivity index (χ2n) is 6.02. The fraction of sp³-hybridized carbons (Fsp3) is 0.316. The number of amides is 1. The Morgan fingerprint density at radius 3 is 2.73 bits per heavy atom. The summed E-state index contributed by atoms with van der Waals surface area (Å²) in [6.45, 7) is 0.549. The molecule has 0 saturated carbocycles. The normalized spacial score (nSPS) is 13.7. The zero-order valence-electron chi connectivity index (χ0n) is 14.7. The van der Waals surface area contributed by atoms with Crippen molar-refractivity contribution in [1.29, 1.82) is 0 Å². The van der Waals surface area contributed by atoms with Gasteiger partial charge in [0.15, 0.2) is 0 Å². The number of para-hydroxylation sites is 1. The van der Waals surface area contributed by atoms with E-state index in [1.807, 2.05) is 30.5 Å². The van der Waals surface area contributed by atoms with Gasteiger partial charge in [-0.15, -0.1) is 11.8 Å². The van der Waals surface area contributed by atoms with Gasteiger partial charge < -0.3 is 9.64 Å². The molecular weight excluding hydrogens is 352 g/mol. The monoisotopic (exact) mass is 372 g/mol. The van der Waals surface area contributed by atoms with Crippen LogP contribution in [0.4, 0.5) is 11.4 Å². The summed E-state index contributed by atoms with van der Waals surface area (Å²) in [6.07, 6.45) is 4.60. The number of benzene rings is 2. The van der Waals surface area contributed by atoms with Crippen molar-refractivity contribution in [1.82, 2.24) is 0 Å². The third kappa shape index (κ3) is 3.39. The average molecular weight is 372 g/mol. The van der Waals surface area contributed by atoms with Crippen molar-refractivity contribution in [2.45, 2.75) is 24.2 Å². The van der Waals surface area contributed by atoms with Crippen LogP contribution < -0.4 is 9.64 Å². The zero-order chi connectivity index (χ0) is 18.7. The topological polar surface area (TPSA) is 72.7 Å². The Morgan fingerprint density at radius 1 is 1.27 bits per heavy atom. The van der Waals surface area contributed by atoms with Crippen LogP contribution >= 0.6 is 11.8 Å². The summed E-state index contributed by atoms with van der Waals surface area (Å²) < 4.78 is 5.23. The lowest BCUT2D eigenvalue weighted by Crippen LogP contribution is -2.32. The average Bonchev–Trinajstić information content (AvgIpc) is 2.88. The molecule has 6 nitrogen and oxygen atoms in total. The SMILES string of the molecule is COc1cc([N+](=O)[O-])c(C(=O)N2CCCCc3ccccc32)cc1SC. The molecule has 2 aromatic carbocycles. The molecule has 1 amide bonds. The largest absolute Gasteiger partial charge is 0.495 e. The van der Waals surface area contributed by atoms with Gasteiger partial charge in [0.2, 0.25) is 0 Å². The van der Waals surface area contributed by atoms with E-state index in [1.165, 1.54) is 24.9 Å². The van der Waals surface area contributed by atoms with Crippen molar-refractivity contribution in [3.63, 3.8) is 0 Å². The highest BCUT2D eigenvalue weighted by atomic mass is 32.2. The minimum atomic E-state index is -0.524. The summed E-state index contributed by atoms with van der Waals surface area (Å²) >= 11 is 1.39. The highest BCUT2D eigenvalue weighted by Gasteiger charge is 2.29. The number of thioether (sulfide) groups is 1.